The highest BCUT2D eigenvalue weighted by atomic mass is 16.5. The normalized spacial score (nSPS) is 21.1. The molecule has 2 aliphatic heterocycles. The zero-order valence-corrected chi connectivity index (χ0v) is 12.0. The van der Waals surface area contributed by atoms with E-state index in [0.29, 0.717) is 6.54 Å². The number of likely N-dealkylation sites (N-methyl/N-ethyl adjacent to an activating group) is 1. The van der Waals surface area contributed by atoms with Gasteiger partial charge in [-0.25, -0.2) is 0 Å². The van der Waals surface area contributed by atoms with Gasteiger partial charge in [0.1, 0.15) is 0 Å². The fourth-order valence-electron chi connectivity index (χ4n) is 3.01. The average molecular weight is 274 g/mol. The number of carbonyl (C=O) groups excluding carboxylic acids is 1. The molecular formula is C16H22N2O2. The van der Waals surface area contributed by atoms with Crippen molar-refractivity contribution in [2.45, 2.75) is 31.8 Å². The van der Waals surface area contributed by atoms with Crippen LogP contribution in [-0.4, -0.2) is 43.7 Å². The van der Waals surface area contributed by atoms with Gasteiger partial charge >= 0.3 is 0 Å². The summed E-state index contributed by atoms with van der Waals surface area (Å²) in [5, 5.41) is 3.37. The molecule has 0 aromatic heterocycles. The monoisotopic (exact) mass is 274 g/mol. The van der Waals surface area contributed by atoms with Crippen LogP contribution in [0.2, 0.25) is 0 Å². The van der Waals surface area contributed by atoms with Crippen LogP contribution < -0.4 is 5.32 Å². The molecular weight excluding hydrogens is 252 g/mol. The van der Waals surface area contributed by atoms with Crippen LogP contribution in [0.5, 0.6) is 0 Å². The van der Waals surface area contributed by atoms with Gasteiger partial charge in [0.2, 0.25) is 0 Å². The van der Waals surface area contributed by atoms with Crippen LogP contribution in [0.1, 0.15) is 35.2 Å². The van der Waals surface area contributed by atoms with Gasteiger partial charge in [0.15, 0.2) is 0 Å². The molecule has 1 aromatic carbocycles. The highest BCUT2D eigenvalue weighted by Gasteiger charge is 2.21. The molecule has 3 rings (SSSR count). The van der Waals surface area contributed by atoms with E-state index in [1.54, 1.807) is 4.90 Å². The molecule has 0 saturated carbocycles. The first-order chi connectivity index (χ1) is 9.74. The molecule has 0 aliphatic carbocycles. The minimum absolute atomic E-state index is 0.0915. The Hall–Kier alpha value is -1.55. The summed E-state index contributed by atoms with van der Waals surface area (Å²) >= 11 is 0. The molecule has 108 valence electrons. The van der Waals surface area contributed by atoms with Crippen LogP contribution in [0, 0.1) is 0 Å². The highest BCUT2D eigenvalue weighted by molar-refractivity contribution is 5.94. The number of fused-ring (bicyclic) bond motifs is 1. The number of aryl methyl sites for hydroxylation is 1. The molecule has 4 nitrogen and oxygen atoms in total. The predicted octanol–water partition coefficient (Wildman–Crippen LogP) is 2.30. The van der Waals surface area contributed by atoms with Crippen molar-refractivity contribution in [2.24, 2.45) is 0 Å². The number of nitrogens with one attached hydrogen (secondary N) is 1. The quantitative estimate of drug-likeness (QED) is 0.919. The summed E-state index contributed by atoms with van der Waals surface area (Å²) in [5.41, 5.74) is 3.22. The Balaban J connectivity index is 1.69. The molecule has 2 aliphatic rings. The third-order valence-corrected chi connectivity index (χ3v) is 4.14. The summed E-state index contributed by atoms with van der Waals surface area (Å²) in [4.78, 5) is 14.3. The largest absolute Gasteiger partial charge is 0.385 e. The van der Waals surface area contributed by atoms with Crippen LogP contribution in [0.3, 0.4) is 0 Å². The third kappa shape index (κ3) is 2.80. The summed E-state index contributed by atoms with van der Waals surface area (Å²) in [6.45, 7) is 2.55. The van der Waals surface area contributed by atoms with Crippen LogP contribution in [-0.2, 0) is 11.2 Å². The van der Waals surface area contributed by atoms with Gasteiger partial charge in [0, 0.05) is 38.0 Å². The lowest BCUT2D eigenvalue weighted by Gasteiger charge is -2.23. The number of amides is 1. The fourth-order valence-corrected chi connectivity index (χ4v) is 3.01. The first-order valence-corrected chi connectivity index (χ1v) is 7.48. The Morgan fingerprint density at radius 1 is 1.45 bits per heavy atom. The van der Waals surface area contributed by atoms with Crippen molar-refractivity contribution in [1.82, 2.24) is 4.90 Å². The first kappa shape index (κ1) is 13.4. The van der Waals surface area contributed by atoms with E-state index in [1.807, 2.05) is 25.2 Å². The van der Waals surface area contributed by atoms with Crippen molar-refractivity contribution in [3.05, 3.63) is 29.3 Å². The number of benzene rings is 1. The lowest BCUT2D eigenvalue weighted by molar-refractivity contribution is 0.0587. The maximum absolute atomic E-state index is 12.5. The van der Waals surface area contributed by atoms with Crippen LogP contribution in [0.15, 0.2) is 18.2 Å². The maximum atomic E-state index is 12.5. The van der Waals surface area contributed by atoms with Gasteiger partial charge in [0.25, 0.3) is 5.91 Å². The smallest absolute Gasteiger partial charge is 0.253 e. The average Bonchev–Trinajstić information content (AvgIpc) is 2.99. The van der Waals surface area contributed by atoms with Gasteiger partial charge in [-0.1, -0.05) is 0 Å². The summed E-state index contributed by atoms with van der Waals surface area (Å²) < 4.78 is 5.60. The van der Waals surface area contributed by atoms with Crippen molar-refractivity contribution in [3.8, 4) is 0 Å². The van der Waals surface area contributed by atoms with E-state index in [4.69, 9.17) is 4.74 Å². The number of hydrogen-bond acceptors (Lipinski definition) is 3. The van der Waals surface area contributed by atoms with E-state index in [9.17, 15) is 4.79 Å². The summed E-state index contributed by atoms with van der Waals surface area (Å²) in [6, 6.07) is 5.99. The summed E-state index contributed by atoms with van der Waals surface area (Å²) in [6.07, 6.45) is 4.57. The van der Waals surface area contributed by atoms with Crippen LogP contribution in [0.4, 0.5) is 5.69 Å². The predicted molar refractivity (Wildman–Crippen MR) is 79.2 cm³/mol. The number of nitrogens with zero attached hydrogens (tertiary/aromatic N) is 1. The molecule has 1 atom stereocenters. The number of hydrogen-bond donors (Lipinski definition) is 1. The SMILES string of the molecule is CN(CC1CCCO1)C(=O)c1ccc2c(c1)CCCN2. The van der Waals surface area contributed by atoms with E-state index in [2.05, 4.69) is 5.32 Å². The molecule has 20 heavy (non-hydrogen) atoms. The van der Waals surface area contributed by atoms with E-state index >= 15 is 0 Å². The Bertz CT molecular complexity index is 495. The van der Waals surface area contributed by atoms with E-state index < -0.39 is 0 Å². The van der Waals surface area contributed by atoms with Crippen LogP contribution in [0.25, 0.3) is 0 Å². The van der Waals surface area contributed by atoms with E-state index in [1.165, 1.54) is 11.3 Å². The molecule has 1 amide bonds. The second-order valence-corrected chi connectivity index (χ2v) is 5.72. The van der Waals surface area contributed by atoms with Crippen molar-refractivity contribution < 1.29 is 9.53 Å². The fraction of sp³-hybridized carbons (Fsp3) is 0.562. The number of anilines is 1. The Kier molecular flexibility index (Phi) is 3.92. The second kappa shape index (κ2) is 5.83. The molecule has 1 fully saturated rings. The lowest BCUT2D eigenvalue weighted by atomic mass is 10.0. The van der Waals surface area contributed by atoms with E-state index in [0.717, 1.165) is 44.4 Å². The minimum Gasteiger partial charge on any atom is -0.385 e. The Labute approximate surface area is 120 Å². The molecule has 0 radical (unpaired) electrons. The van der Waals surface area contributed by atoms with Gasteiger partial charge in [-0.3, -0.25) is 4.79 Å². The molecule has 0 spiro atoms. The van der Waals surface area contributed by atoms with Gasteiger partial charge in [-0.05, 0) is 49.4 Å². The molecule has 1 aromatic rings. The zero-order valence-electron chi connectivity index (χ0n) is 12.0. The molecule has 0 bridgehead atoms. The van der Waals surface area contributed by atoms with Gasteiger partial charge in [-0.15, -0.1) is 0 Å². The first-order valence-electron chi connectivity index (χ1n) is 7.48. The molecule has 1 unspecified atom stereocenters. The zero-order chi connectivity index (χ0) is 13.9. The lowest BCUT2D eigenvalue weighted by Crippen LogP contribution is -2.34. The standard InChI is InChI=1S/C16H22N2O2/c1-18(11-14-5-3-9-20-14)16(19)13-6-7-15-12(10-13)4-2-8-17-15/h6-7,10,14,17H,2-5,8-9,11H2,1H3. The molecule has 1 N–H and O–H groups in total. The van der Waals surface area contributed by atoms with E-state index in [-0.39, 0.29) is 12.0 Å². The highest BCUT2D eigenvalue weighted by Crippen LogP contribution is 2.23. The Morgan fingerprint density at radius 2 is 2.35 bits per heavy atom. The topological polar surface area (TPSA) is 41.6 Å². The van der Waals surface area contributed by atoms with Crippen LogP contribution >= 0.6 is 0 Å². The van der Waals surface area contributed by atoms with Crippen molar-refractivity contribution >= 4 is 11.6 Å². The third-order valence-electron chi connectivity index (χ3n) is 4.14. The van der Waals surface area contributed by atoms with Gasteiger partial charge < -0.3 is 15.0 Å². The van der Waals surface area contributed by atoms with Gasteiger partial charge in [0.05, 0.1) is 6.10 Å². The van der Waals surface area contributed by atoms with Gasteiger partial charge in [-0.2, -0.15) is 0 Å². The minimum atomic E-state index is 0.0915. The molecule has 2 heterocycles. The Morgan fingerprint density at radius 3 is 3.15 bits per heavy atom. The number of ether oxygens (including phenoxy) is 1. The van der Waals surface area contributed by atoms with Crippen molar-refractivity contribution in [1.29, 1.82) is 0 Å². The number of rotatable bonds is 3. The summed E-state index contributed by atoms with van der Waals surface area (Å²) in [5.74, 6) is 0.0915. The van der Waals surface area contributed by atoms with Crippen molar-refractivity contribution in [2.75, 3.05) is 32.1 Å². The summed E-state index contributed by atoms with van der Waals surface area (Å²) in [7, 11) is 1.86. The maximum Gasteiger partial charge on any atom is 0.253 e. The van der Waals surface area contributed by atoms with Crippen molar-refractivity contribution in [3.63, 3.8) is 0 Å². The second-order valence-electron chi connectivity index (χ2n) is 5.72. The molecule has 4 heteroatoms. The molecule has 1 saturated heterocycles. The number of carbonyl (C=O) groups is 1.